The van der Waals surface area contributed by atoms with E-state index in [1.807, 2.05) is 110 Å². The van der Waals surface area contributed by atoms with Crippen LogP contribution in [0.2, 0.25) is 0 Å². The summed E-state index contributed by atoms with van der Waals surface area (Å²) in [6, 6.07) is 54.9. The third-order valence-corrected chi connectivity index (χ3v) is 8.61. The number of hydrogen-bond donors (Lipinski definition) is 0. The zero-order valence-corrected chi connectivity index (χ0v) is 32.8. The molecule has 0 aliphatic rings. The maximum Gasteiger partial charge on any atom is 0.115 e. The van der Waals surface area contributed by atoms with Gasteiger partial charge >= 0.3 is 0 Å². The van der Waals surface area contributed by atoms with Gasteiger partial charge in [-0.1, -0.05) is 79.4 Å². The van der Waals surface area contributed by atoms with E-state index in [-0.39, 0.29) is 20.1 Å². The summed E-state index contributed by atoms with van der Waals surface area (Å²) in [6.07, 6.45) is 1.91. The van der Waals surface area contributed by atoms with Crippen LogP contribution < -0.4 is 4.57 Å². The fraction of sp³-hybridized carbons (Fsp3) is 0.149. The van der Waals surface area contributed by atoms with E-state index in [0.29, 0.717) is 5.92 Å². The van der Waals surface area contributed by atoms with Crippen LogP contribution in [0.1, 0.15) is 30.8 Å². The molecule has 8 aromatic rings. The maximum atomic E-state index is 4.55. The number of pyridine rings is 3. The molecule has 263 valence electrons. The van der Waals surface area contributed by atoms with E-state index < -0.39 is 0 Å². The predicted molar refractivity (Wildman–Crippen MR) is 211 cm³/mol. The van der Waals surface area contributed by atoms with Gasteiger partial charge in [-0.25, -0.2) is 0 Å². The molecule has 52 heavy (non-hydrogen) atoms. The van der Waals surface area contributed by atoms with Crippen molar-refractivity contribution in [1.82, 2.24) is 14.5 Å². The van der Waals surface area contributed by atoms with Crippen LogP contribution in [0.5, 0.6) is 0 Å². The summed E-state index contributed by atoms with van der Waals surface area (Å²) in [5.41, 5.74) is 12.1. The number of aryl methyl sites for hydroxylation is 3. The van der Waals surface area contributed by atoms with Crippen molar-refractivity contribution < 1.29 is 24.7 Å². The number of nitrogens with zero attached hydrogens (tertiary/aromatic N) is 4. The number of hydrogen-bond acceptors (Lipinski definition) is 2. The first-order valence-corrected chi connectivity index (χ1v) is 17.3. The summed E-state index contributed by atoms with van der Waals surface area (Å²) in [5, 5.41) is 2.58. The molecule has 4 nitrogen and oxygen atoms in total. The Morgan fingerprint density at radius 1 is 0.673 bits per heavy atom. The fourth-order valence-electron chi connectivity index (χ4n) is 6.01. The fourth-order valence-corrected chi connectivity index (χ4v) is 6.01. The maximum absolute atomic E-state index is 4.55. The molecule has 8 rings (SSSR count). The van der Waals surface area contributed by atoms with Gasteiger partial charge in [0.1, 0.15) is 5.69 Å². The van der Waals surface area contributed by atoms with Gasteiger partial charge in [-0.15, -0.1) is 90.0 Å². The van der Waals surface area contributed by atoms with E-state index in [4.69, 9.17) is 0 Å². The van der Waals surface area contributed by atoms with Crippen LogP contribution in [-0.4, -0.2) is 14.5 Å². The first kappa shape index (κ1) is 37.9. The van der Waals surface area contributed by atoms with Crippen molar-refractivity contribution in [2.24, 2.45) is 5.92 Å². The first-order valence-electron chi connectivity index (χ1n) is 17.3. The Morgan fingerprint density at radius 3 is 2.06 bits per heavy atom. The predicted octanol–water partition coefficient (Wildman–Crippen LogP) is 10.9. The van der Waals surface area contributed by atoms with Crippen LogP contribution in [0.15, 0.2) is 140 Å². The van der Waals surface area contributed by atoms with Crippen molar-refractivity contribution in [1.29, 1.82) is 0 Å². The van der Waals surface area contributed by atoms with Gasteiger partial charge in [-0.05, 0) is 72.7 Å². The molecule has 5 heteroatoms. The van der Waals surface area contributed by atoms with E-state index in [9.17, 15) is 0 Å². The van der Waals surface area contributed by atoms with E-state index in [1.54, 1.807) is 0 Å². The number of benzene rings is 4. The molecular formula is C47H43IrN4-3. The molecule has 0 bridgehead atoms. The Labute approximate surface area is 322 Å². The monoisotopic (exact) mass is 856 g/mol. The van der Waals surface area contributed by atoms with Crippen LogP contribution >= 0.6 is 0 Å². The Kier molecular flexibility index (Phi) is 12.9. The number of para-hydroxylation sites is 1. The molecule has 4 aromatic heterocycles. The molecule has 0 saturated heterocycles. The minimum absolute atomic E-state index is 0. The van der Waals surface area contributed by atoms with Crippen LogP contribution in [0.25, 0.3) is 55.6 Å². The topological polar surface area (TPSA) is 34.6 Å². The average Bonchev–Trinajstić information content (AvgIpc) is 3.46. The van der Waals surface area contributed by atoms with Crippen LogP contribution in [0, 0.1) is 51.9 Å². The Bertz CT molecular complexity index is 2340. The first-order chi connectivity index (χ1) is 24.8. The third-order valence-electron chi connectivity index (χ3n) is 8.61. The van der Waals surface area contributed by atoms with E-state index >= 15 is 0 Å². The van der Waals surface area contributed by atoms with Crippen molar-refractivity contribution >= 4 is 21.8 Å². The van der Waals surface area contributed by atoms with Gasteiger partial charge in [0.15, 0.2) is 0 Å². The second-order valence-electron chi connectivity index (χ2n) is 13.1. The molecular weight excluding hydrogens is 813 g/mol. The van der Waals surface area contributed by atoms with Crippen molar-refractivity contribution in [2.45, 2.75) is 41.2 Å². The minimum Gasteiger partial charge on any atom is -0.380 e. The second-order valence-corrected chi connectivity index (χ2v) is 13.1. The second kappa shape index (κ2) is 17.7. The standard InChI is InChI=1S/C22H21N2.C13H12N.C12H10N.Ir/c1-15(2)14-24-21-7-5-4-6-18(21)19-12-17(9-11-22(19)24)20-10-8-16(3)13-23-20;1-11-7-6-10-13(14(11)2)12-8-4-3-5-9-12;1-10-6-5-9-12(13-10)11-7-3-2-4-8-11;/h4-8,10-13,15H,14H2,1-3H3;3-8,10H,2H2,1H3;2-7,9H,1H3;/q3*-1;. The van der Waals surface area contributed by atoms with Gasteiger partial charge < -0.3 is 19.1 Å². The number of aromatic nitrogens is 4. The Balaban J connectivity index is 0.000000160. The third kappa shape index (κ3) is 9.11. The van der Waals surface area contributed by atoms with E-state index in [1.165, 1.54) is 27.4 Å². The normalized spacial score (nSPS) is 10.6. The van der Waals surface area contributed by atoms with E-state index in [0.717, 1.165) is 51.7 Å². The summed E-state index contributed by atoms with van der Waals surface area (Å²) in [7, 11) is 3.99. The van der Waals surface area contributed by atoms with Gasteiger partial charge in [0, 0.05) is 51.1 Å². The largest absolute Gasteiger partial charge is 0.380 e. The van der Waals surface area contributed by atoms with Crippen LogP contribution in [0.4, 0.5) is 0 Å². The Morgan fingerprint density at radius 2 is 1.38 bits per heavy atom. The van der Waals surface area contributed by atoms with Crippen LogP contribution in [0.3, 0.4) is 0 Å². The number of rotatable bonds is 5. The van der Waals surface area contributed by atoms with Gasteiger partial charge in [-0.3, -0.25) is 0 Å². The molecule has 0 aliphatic heterocycles. The van der Waals surface area contributed by atoms with Crippen LogP contribution in [-0.2, 0) is 26.7 Å². The van der Waals surface area contributed by atoms with Gasteiger partial charge in [0.2, 0.25) is 0 Å². The molecule has 0 N–H and O–H groups in total. The summed E-state index contributed by atoms with van der Waals surface area (Å²) in [5.74, 6) is 0.599. The number of fused-ring (bicyclic) bond motifs is 3. The van der Waals surface area contributed by atoms with Gasteiger partial charge in [0.25, 0.3) is 0 Å². The molecule has 0 fully saturated rings. The molecule has 1 radical (unpaired) electrons. The van der Waals surface area contributed by atoms with Gasteiger partial charge in [0.05, 0.1) is 5.69 Å². The van der Waals surface area contributed by atoms with Crippen molar-refractivity contribution in [3.8, 4) is 33.8 Å². The molecule has 0 atom stereocenters. The summed E-state index contributed by atoms with van der Waals surface area (Å²) >= 11 is 0. The van der Waals surface area contributed by atoms with Crippen molar-refractivity contribution in [2.75, 3.05) is 0 Å². The summed E-state index contributed by atoms with van der Waals surface area (Å²) in [6.45, 7) is 11.6. The minimum atomic E-state index is 0. The molecule has 4 aromatic carbocycles. The summed E-state index contributed by atoms with van der Waals surface area (Å²) in [4.78, 5) is 8.96. The molecule has 0 unspecified atom stereocenters. The summed E-state index contributed by atoms with van der Waals surface area (Å²) < 4.78 is 4.34. The van der Waals surface area contributed by atoms with Gasteiger partial charge in [-0.2, -0.15) is 0 Å². The zero-order valence-electron chi connectivity index (χ0n) is 30.4. The molecule has 0 aliphatic carbocycles. The Hall–Kier alpha value is -5.35. The molecule has 0 saturated carbocycles. The zero-order chi connectivity index (χ0) is 35.7. The quantitative estimate of drug-likeness (QED) is 0.128. The van der Waals surface area contributed by atoms with E-state index in [2.05, 4.69) is 109 Å². The SMILES string of the molecule is Cc1ccc(-c2[c-]cc3c(c2)c2ccccc2n3CC(C)C)nc1.Cc1cccc(-c2[c-]cccc2)n1.[CH2-][n+]1c(C)cccc1-c1[c-]cccc1.[Ir]. The van der Waals surface area contributed by atoms with Crippen molar-refractivity contribution in [3.05, 3.63) is 182 Å². The molecule has 0 spiro atoms. The molecule has 4 heterocycles. The molecule has 0 amide bonds. The average molecular weight is 856 g/mol. The smallest absolute Gasteiger partial charge is 0.115 e. The van der Waals surface area contributed by atoms with Crippen molar-refractivity contribution in [3.63, 3.8) is 0 Å².